The first-order valence-corrected chi connectivity index (χ1v) is 9.84. The van der Waals surface area contributed by atoms with E-state index in [0.29, 0.717) is 11.5 Å². The quantitative estimate of drug-likeness (QED) is 0.208. The Kier molecular flexibility index (Phi) is 7.27. The Morgan fingerprint density at radius 3 is 1.74 bits per heavy atom. The molecule has 0 N–H and O–H groups in total. The molecule has 0 aromatic heterocycles. The minimum absolute atomic E-state index is 0.111. The van der Waals surface area contributed by atoms with Crippen molar-refractivity contribution in [2.24, 2.45) is 0 Å². The fourth-order valence-corrected chi connectivity index (χ4v) is 3.21. The van der Waals surface area contributed by atoms with Gasteiger partial charge in [-0.1, -0.05) is 55.1 Å². The number of benzene rings is 3. The van der Waals surface area contributed by atoms with E-state index in [4.69, 9.17) is 18.9 Å². The van der Waals surface area contributed by atoms with Gasteiger partial charge in [-0.3, -0.25) is 0 Å². The molecule has 3 rings (SSSR count). The summed E-state index contributed by atoms with van der Waals surface area (Å²) in [6.07, 6.45) is 2.23. The number of aryl methyl sites for hydroxylation is 1. The van der Waals surface area contributed by atoms with Gasteiger partial charge in [-0.2, -0.15) is 0 Å². The number of fused-ring (bicyclic) bond motifs is 2. The molecule has 6 nitrogen and oxygen atoms in total. The SMILES string of the molecule is C=CC(=O)OCCOc1c2ccccc2c(OCCOC(=O)C=C)c2cc(C)ccc12. The molecule has 0 bridgehead atoms. The van der Waals surface area contributed by atoms with E-state index in [1.165, 1.54) is 0 Å². The van der Waals surface area contributed by atoms with Crippen molar-refractivity contribution in [1.82, 2.24) is 0 Å². The van der Waals surface area contributed by atoms with E-state index < -0.39 is 11.9 Å². The van der Waals surface area contributed by atoms with Crippen LogP contribution in [0.25, 0.3) is 21.5 Å². The van der Waals surface area contributed by atoms with Gasteiger partial charge in [0.15, 0.2) is 0 Å². The fourth-order valence-electron chi connectivity index (χ4n) is 3.21. The zero-order valence-electron chi connectivity index (χ0n) is 17.4. The van der Waals surface area contributed by atoms with Gasteiger partial charge in [0.25, 0.3) is 0 Å². The maximum atomic E-state index is 11.3. The molecule has 0 spiro atoms. The van der Waals surface area contributed by atoms with Gasteiger partial charge in [0.2, 0.25) is 0 Å². The number of esters is 2. The number of carbonyl (C=O) groups excluding carboxylic acids is 2. The number of rotatable bonds is 10. The van der Waals surface area contributed by atoms with E-state index in [9.17, 15) is 9.59 Å². The predicted molar refractivity (Wildman–Crippen MR) is 119 cm³/mol. The van der Waals surface area contributed by atoms with Crippen molar-refractivity contribution >= 4 is 33.5 Å². The van der Waals surface area contributed by atoms with Gasteiger partial charge >= 0.3 is 11.9 Å². The predicted octanol–water partition coefficient (Wildman–Crippen LogP) is 4.52. The summed E-state index contributed by atoms with van der Waals surface area (Å²) in [5.74, 6) is 0.394. The molecule has 0 aliphatic rings. The second-order valence-electron chi connectivity index (χ2n) is 6.69. The van der Waals surface area contributed by atoms with Gasteiger partial charge in [-0.25, -0.2) is 9.59 Å². The van der Waals surface area contributed by atoms with Crippen LogP contribution in [0.5, 0.6) is 11.5 Å². The van der Waals surface area contributed by atoms with Crippen molar-refractivity contribution in [2.45, 2.75) is 6.92 Å². The van der Waals surface area contributed by atoms with Crippen LogP contribution >= 0.6 is 0 Å². The number of ether oxygens (including phenoxy) is 4. The minimum atomic E-state index is -0.491. The maximum Gasteiger partial charge on any atom is 0.330 e. The second kappa shape index (κ2) is 10.3. The Morgan fingerprint density at radius 2 is 1.23 bits per heavy atom. The lowest BCUT2D eigenvalue weighted by molar-refractivity contribution is -0.139. The lowest BCUT2D eigenvalue weighted by Gasteiger charge is -2.18. The summed E-state index contributed by atoms with van der Waals surface area (Å²) in [4.78, 5) is 22.5. The summed E-state index contributed by atoms with van der Waals surface area (Å²) in [5, 5.41) is 3.49. The van der Waals surface area contributed by atoms with Gasteiger partial charge in [-0.05, 0) is 13.0 Å². The standard InChI is InChI=1S/C25H24O6/c1-4-22(26)28-12-14-30-24-18-8-6-7-9-19(18)25(31-15-13-29-23(27)5-2)21-16-17(3)10-11-20(21)24/h4-11,16H,1-2,12-15H2,3H3. The summed E-state index contributed by atoms with van der Waals surface area (Å²) in [7, 11) is 0. The summed E-state index contributed by atoms with van der Waals surface area (Å²) in [5.41, 5.74) is 1.07. The highest BCUT2D eigenvalue weighted by Crippen LogP contribution is 2.43. The Hall–Kier alpha value is -3.80. The first-order chi connectivity index (χ1) is 15.0. The molecule has 0 fully saturated rings. The first kappa shape index (κ1) is 21.9. The average molecular weight is 420 g/mol. The van der Waals surface area contributed by atoms with E-state index in [1.54, 1.807) is 0 Å². The highest BCUT2D eigenvalue weighted by atomic mass is 16.6. The smallest absolute Gasteiger partial charge is 0.330 e. The first-order valence-electron chi connectivity index (χ1n) is 9.84. The molecular formula is C25H24O6. The molecule has 0 aliphatic heterocycles. The Labute approximate surface area is 180 Å². The molecule has 160 valence electrons. The highest BCUT2D eigenvalue weighted by Gasteiger charge is 2.16. The molecule has 0 atom stereocenters. The Morgan fingerprint density at radius 1 is 0.742 bits per heavy atom. The van der Waals surface area contributed by atoms with Crippen molar-refractivity contribution in [3.8, 4) is 11.5 Å². The van der Waals surface area contributed by atoms with E-state index in [2.05, 4.69) is 13.2 Å². The van der Waals surface area contributed by atoms with Crippen molar-refractivity contribution in [3.63, 3.8) is 0 Å². The molecule has 31 heavy (non-hydrogen) atoms. The molecule has 3 aromatic carbocycles. The van der Waals surface area contributed by atoms with Crippen LogP contribution in [0.2, 0.25) is 0 Å². The third-order valence-electron chi connectivity index (χ3n) is 4.56. The zero-order valence-corrected chi connectivity index (χ0v) is 17.4. The van der Waals surface area contributed by atoms with Crippen molar-refractivity contribution in [3.05, 3.63) is 73.3 Å². The van der Waals surface area contributed by atoms with Crippen LogP contribution in [0.4, 0.5) is 0 Å². The lowest BCUT2D eigenvalue weighted by atomic mass is 9.99. The van der Waals surface area contributed by atoms with Crippen LogP contribution in [0.15, 0.2) is 67.8 Å². The monoisotopic (exact) mass is 420 g/mol. The van der Waals surface area contributed by atoms with Gasteiger partial charge in [0, 0.05) is 33.7 Å². The fraction of sp³-hybridized carbons (Fsp3) is 0.200. The number of hydrogen-bond donors (Lipinski definition) is 0. The zero-order chi connectivity index (χ0) is 22.2. The Balaban J connectivity index is 1.96. The molecule has 0 aliphatic carbocycles. The summed E-state index contributed by atoms with van der Waals surface area (Å²) in [6.45, 7) is 9.38. The molecule has 0 saturated carbocycles. The summed E-state index contributed by atoms with van der Waals surface area (Å²) >= 11 is 0. The van der Waals surface area contributed by atoms with Crippen LogP contribution in [0, 0.1) is 6.92 Å². The molecule has 0 amide bonds. The van der Waals surface area contributed by atoms with Gasteiger partial charge in [-0.15, -0.1) is 0 Å². The largest absolute Gasteiger partial charge is 0.489 e. The number of carbonyl (C=O) groups is 2. The van der Waals surface area contributed by atoms with Crippen LogP contribution in [0.1, 0.15) is 5.56 Å². The van der Waals surface area contributed by atoms with Crippen LogP contribution in [0.3, 0.4) is 0 Å². The van der Waals surface area contributed by atoms with Crippen LogP contribution < -0.4 is 9.47 Å². The maximum absolute atomic E-state index is 11.3. The van der Waals surface area contributed by atoms with E-state index in [0.717, 1.165) is 39.3 Å². The molecule has 6 heteroatoms. The average Bonchev–Trinajstić information content (AvgIpc) is 2.79. The Bertz CT molecular complexity index is 1130. The minimum Gasteiger partial charge on any atom is -0.489 e. The molecule has 0 unspecified atom stereocenters. The van der Waals surface area contributed by atoms with E-state index in [1.807, 2.05) is 49.4 Å². The normalized spacial score (nSPS) is 10.5. The highest BCUT2D eigenvalue weighted by molar-refractivity contribution is 6.11. The summed E-state index contributed by atoms with van der Waals surface area (Å²) < 4.78 is 22.2. The molecule has 3 aromatic rings. The van der Waals surface area contributed by atoms with Crippen LogP contribution in [-0.4, -0.2) is 38.4 Å². The topological polar surface area (TPSA) is 71.1 Å². The van der Waals surface area contributed by atoms with E-state index in [-0.39, 0.29) is 26.4 Å². The van der Waals surface area contributed by atoms with Crippen molar-refractivity contribution in [1.29, 1.82) is 0 Å². The molecule has 0 radical (unpaired) electrons. The van der Waals surface area contributed by atoms with Crippen molar-refractivity contribution in [2.75, 3.05) is 26.4 Å². The molecule has 0 heterocycles. The van der Waals surface area contributed by atoms with Gasteiger partial charge in [0.1, 0.15) is 37.9 Å². The van der Waals surface area contributed by atoms with E-state index >= 15 is 0 Å². The molecule has 0 saturated heterocycles. The van der Waals surface area contributed by atoms with Gasteiger partial charge < -0.3 is 18.9 Å². The third-order valence-corrected chi connectivity index (χ3v) is 4.56. The number of hydrogen-bond acceptors (Lipinski definition) is 6. The van der Waals surface area contributed by atoms with Crippen molar-refractivity contribution < 1.29 is 28.5 Å². The molecular weight excluding hydrogens is 396 g/mol. The third kappa shape index (κ3) is 5.22. The second-order valence-corrected chi connectivity index (χ2v) is 6.69. The summed E-state index contributed by atoms with van der Waals surface area (Å²) in [6, 6.07) is 13.7. The van der Waals surface area contributed by atoms with Gasteiger partial charge in [0.05, 0.1) is 0 Å². The van der Waals surface area contributed by atoms with Crippen LogP contribution in [-0.2, 0) is 19.1 Å². The lowest BCUT2D eigenvalue weighted by Crippen LogP contribution is -2.12.